The molecule has 2 fully saturated rings. The first kappa shape index (κ1) is 16.7. The number of carbonyl (C=O) groups is 3. The van der Waals surface area contributed by atoms with Gasteiger partial charge in [-0.2, -0.15) is 0 Å². The van der Waals surface area contributed by atoms with Crippen molar-refractivity contribution in [3.8, 4) is 0 Å². The van der Waals surface area contributed by atoms with Gasteiger partial charge in [0, 0.05) is 37.8 Å². The van der Waals surface area contributed by atoms with Gasteiger partial charge >= 0.3 is 18.1 Å². The lowest BCUT2D eigenvalue weighted by Gasteiger charge is -2.25. The monoisotopic (exact) mass is 359 g/mol. The lowest BCUT2D eigenvalue weighted by Crippen LogP contribution is -2.38. The fourth-order valence-electron chi connectivity index (χ4n) is 3.84. The summed E-state index contributed by atoms with van der Waals surface area (Å²) >= 11 is 0. The number of rotatable bonds is 1. The Bertz CT molecular complexity index is 780. The molecular weight excluding hydrogens is 338 g/mol. The number of nitrogens with zero attached hydrogens (tertiary/aromatic N) is 2. The molecule has 0 aromatic heterocycles. The Labute approximate surface area is 151 Å². The molecule has 1 spiro atoms. The van der Waals surface area contributed by atoms with Crippen LogP contribution >= 0.6 is 0 Å². The van der Waals surface area contributed by atoms with Gasteiger partial charge in [0.15, 0.2) is 0 Å². The summed E-state index contributed by atoms with van der Waals surface area (Å²) in [7, 11) is 1.73. The van der Waals surface area contributed by atoms with E-state index in [4.69, 9.17) is 9.47 Å². The number of urea groups is 1. The molecule has 0 saturated carbocycles. The van der Waals surface area contributed by atoms with Gasteiger partial charge in [-0.15, -0.1) is 0 Å². The second-order valence-corrected chi connectivity index (χ2v) is 7.13. The Morgan fingerprint density at radius 1 is 1.23 bits per heavy atom. The number of fused-ring (bicyclic) bond motifs is 1. The Kier molecular flexibility index (Phi) is 3.97. The van der Waals surface area contributed by atoms with Crippen LogP contribution in [0.5, 0.6) is 0 Å². The smallest absolute Gasteiger partial charge is 0.410 e. The molecule has 138 valence electrons. The standard InChI is InChI=1S/C18H21N3O5/c1-20-11-18(26-17(20)24)5-2-7-21(8-6-18)16(23)19-13-3-4-14-12(9-13)10-25-15(14)22/h3-4,9H,2,5-8,10-11H2,1H3,(H,19,23)/t18-/m1/s1. The second-order valence-electron chi connectivity index (χ2n) is 7.13. The largest absolute Gasteiger partial charge is 0.457 e. The molecule has 1 N–H and O–H groups in total. The van der Waals surface area contributed by atoms with Crippen molar-refractivity contribution in [1.29, 1.82) is 0 Å². The fraction of sp³-hybridized carbons (Fsp3) is 0.500. The highest BCUT2D eigenvalue weighted by molar-refractivity contribution is 5.95. The summed E-state index contributed by atoms with van der Waals surface area (Å²) < 4.78 is 10.6. The van der Waals surface area contributed by atoms with Crippen LogP contribution in [0.1, 0.15) is 35.2 Å². The van der Waals surface area contributed by atoms with E-state index >= 15 is 0 Å². The zero-order valence-electron chi connectivity index (χ0n) is 14.6. The van der Waals surface area contributed by atoms with Crippen molar-refractivity contribution >= 4 is 23.8 Å². The predicted octanol–water partition coefficient (Wildman–Crippen LogP) is 2.20. The van der Waals surface area contributed by atoms with Crippen molar-refractivity contribution in [2.45, 2.75) is 31.5 Å². The van der Waals surface area contributed by atoms with Crippen molar-refractivity contribution < 1.29 is 23.9 Å². The summed E-state index contributed by atoms with van der Waals surface area (Å²) in [6, 6.07) is 4.96. The van der Waals surface area contributed by atoms with Gasteiger partial charge in [-0.25, -0.2) is 14.4 Å². The molecule has 8 heteroatoms. The van der Waals surface area contributed by atoms with E-state index < -0.39 is 5.60 Å². The van der Waals surface area contributed by atoms with Gasteiger partial charge in [0.2, 0.25) is 0 Å². The van der Waals surface area contributed by atoms with Crippen LogP contribution in [-0.4, -0.2) is 60.2 Å². The van der Waals surface area contributed by atoms with E-state index in [1.54, 1.807) is 35.0 Å². The van der Waals surface area contributed by atoms with Crippen molar-refractivity contribution in [3.63, 3.8) is 0 Å². The lowest BCUT2D eigenvalue weighted by molar-refractivity contribution is 0.0453. The zero-order valence-corrected chi connectivity index (χ0v) is 14.6. The number of likely N-dealkylation sites (N-methyl/N-ethyl adjacent to an activating group) is 1. The van der Waals surface area contributed by atoms with E-state index in [1.165, 1.54) is 0 Å². The summed E-state index contributed by atoms with van der Waals surface area (Å²) in [6.07, 6.45) is 1.87. The number of esters is 1. The lowest BCUT2D eigenvalue weighted by atomic mass is 9.95. The SMILES string of the molecule is CN1C[C@]2(CCCN(C(=O)Nc3ccc4c(c3)COC4=O)CC2)OC1=O. The number of anilines is 1. The zero-order chi connectivity index (χ0) is 18.3. The van der Waals surface area contributed by atoms with Crippen LogP contribution in [0.25, 0.3) is 0 Å². The van der Waals surface area contributed by atoms with Crippen molar-refractivity contribution in [2.75, 3.05) is 32.0 Å². The third-order valence-electron chi connectivity index (χ3n) is 5.26. The van der Waals surface area contributed by atoms with Crippen molar-refractivity contribution in [2.24, 2.45) is 0 Å². The normalized spacial score (nSPS) is 25.0. The number of amides is 3. The Balaban J connectivity index is 1.40. The highest BCUT2D eigenvalue weighted by Gasteiger charge is 2.44. The minimum atomic E-state index is -0.480. The van der Waals surface area contributed by atoms with Crippen molar-refractivity contribution in [3.05, 3.63) is 29.3 Å². The molecule has 3 aliphatic rings. The predicted molar refractivity (Wildman–Crippen MR) is 91.8 cm³/mol. The molecule has 1 aromatic carbocycles. The second kappa shape index (κ2) is 6.19. The third kappa shape index (κ3) is 2.95. The van der Waals surface area contributed by atoms with Crippen LogP contribution in [0, 0.1) is 0 Å². The summed E-state index contributed by atoms with van der Waals surface area (Å²) in [5.74, 6) is -0.327. The molecule has 8 nitrogen and oxygen atoms in total. The molecular formula is C18H21N3O5. The van der Waals surface area contributed by atoms with Crippen LogP contribution in [0.3, 0.4) is 0 Å². The molecule has 3 amide bonds. The number of hydrogen-bond acceptors (Lipinski definition) is 5. The minimum Gasteiger partial charge on any atom is -0.457 e. The highest BCUT2D eigenvalue weighted by Crippen LogP contribution is 2.32. The number of hydrogen-bond donors (Lipinski definition) is 1. The molecule has 26 heavy (non-hydrogen) atoms. The number of benzene rings is 1. The van der Waals surface area contributed by atoms with Crippen LogP contribution in [-0.2, 0) is 16.1 Å². The summed E-state index contributed by atoms with van der Waals surface area (Å²) in [4.78, 5) is 39.2. The summed E-state index contributed by atoms with van der Waals surface area (Å²) in [6.45, 7) is 1.95. The van der Waals surface area contributed by atoms with E-state index in [9.17, 15) is 14.4 Å². The molecule has 0 unspecified atom stereocenters. The van der Waals surface area contributed by atoms with Crippen LogP contribution < -0.4 is 5.32 Å². The van der Waals surface area contributed by atoms with Crippen molar-refractivity contribution in [1.82, 2.24) is 9.80 Å². The number of carbonyl (C=O) groups excluding carboxylic acids is 3. The van der Waals surface area contributed by atoms with Gasteiger partial charge in [-0.3, -0.25) is 0 Å². The molecule has 4 rings (SSSR count). The first-order valence-electron chi connectivity index (χ1n) is 8.76. The quantitative estimate of drug-likeness (QED) is 0.777. The molecule has 3 aliphatic heterocycles. The fourth-order valence-corrected chi connectivity index (χ4v) is 3.84. The average molecular weight is 359 g/mol. The Morgan fingerprint density at radius 3 is 2.85 bits per heavy atom. The topological polar surface area (TPSA) is 88.2 Å². The van der Waals surface area contributed by atoms with Gasteiger partial charge in [0.1, 0.15) is 12.2 Å². The van der Waals surface area contributed by atoms with Gasteiger partial charge in [-0.1, -0.05) is 0 Å². The molecule has 2 saturated heterocycles. The number of ether oxygens (including phenoxy) is 2. The molecule has 0 bridgehead atoms. The number of nitrogens with one attached hydrogen (secondary N) is 1. The number of likely N-dealkylation sites (tertiary alicyclic amines) is 1. The summed E-state index contributed by atoms with van der Waals surface area (Å²) in [5.41, 5.74) is 1.49. The highest BCUT2D eigenvalue weighted by atomic mass is 16.6. The van der Waals surface area contributed by atoms with Gasteiger partial charge in [0.05, 0.1) is 12.1 Å². The van der Waals surface area contributed by atoms with E-state index in [-0.39, 0.29) is 24.7 Å². The number of cyclic esters (lactones) is 1. The molecule has 1 aromatic rings. The van der Waals surface area contributed by atoms with Crippen LogP contribution in [0.4, 0.5) is 15.3 Å². The first-order chi connectivity index (χ1) is 12.5. The molecule has 3 heterocycles. The maximum absolute atomic E-state index is 12.6. The molecule has 0 radical (unpaired) electrons. The summed E-state index contributed by atoms with van der Waals surface area (Å²) in [5, 5.41) is 2.88. The van der Waals surface area contributed by atoms with E-state index in [0.717, 1.165) is 18.4 Å². The van der Waals surface area contributed by atoms with Gasteiger partial charge in [-0.05, 0) is 31.0 Å². The average Bonchev–Trinajstić information content (AvgIpc) is 3.01. The van der Waals surface area contributed by atoms with E-state index in [0.29, 0.717) is 37.3 Å². The Morgan fingerprint density at radius 2 is 2.08 bits per heavy atom. The molecule has 1 atom stereocenters. The van der Waals surface area contributed by atoms with Crippen LogP contribution in [0.15, 0.2) is 18.2 Å². The minimum absolute atomic E-state index is 0.190. The maximum Gasteiger partial charge on any atom is 0.410 e. The van der Waals surface area contributed by atoms with Gasteiger partial charge < -0.3 is 24.6 Å². The molecule has 0 aliphatic carbocycles. The van der Waals surface area contributed by atoms with Crippen LogP contribution in [0.2, 0.25) is 0 Å². The Hall–Kier alpha value is -2.77. The van der Waals surface area contributed by atoms with Gasteiger partial charge in [0.25, 0.3) is 0 Å². The van der Waals surface area contributed by atoms with E-state index in [2.05, 4.69) is 5.32 Å². The van der Waals surface area contributed by atoms with E-state index in [1.807, 2.05) is 0 Å². The third-order valence-corrected chi connectivity index (χ3v) is 5.26. The first-order valence-corrected chi connectivity index (χ1v) is 8.76. The maximum atomic E-state index is 12.6.